The fourth-order valence-corrected chi connectivity index (χ4v) is 3.14. The molecule has 0 bridgehead atoms. The zero-order valence-corrected chi connectivity index (χ0v) is 13.4. The Bertz CT molecular complexity index is 633. The summed E-state index contributed by atoms with van der Waals surface area (Å²) in [6.07, 6.45) is 4.05. The van der Waals surface area contributed by atoms with Crippen LogP contribution < -0.4 is 15.8 Å². The Morgan fingerprint density at radius 3 is 2.77 bits per heavy atom. The largest absolute Gasteiger partial charge is 0.328 e. The minimum atomic E-state index is -3.35. The van der Waals surface area contributed by atoms with E-state index in [0.29, 0.717) is 24.5 Å². The molecular formula is C14H22N4O3S. The number of carbonyl (C=O) groups excluding carboxylic acids is 1. The Morgan fingerprint density at radius 1 is 1.36 bits per heavy atom. The molecule has 0 saturated carbocycles. The summed E-state index contributed by atoms with van der Waals surface area (Å²) >= 11 is 0. The molecule has 4 N–H and O–H groups in total. The van der Waals surface area contributed by atoms with Gasteiger partial charge in [-0.05, 0) is 37.5 Å². The van der Waals surface area contributed by atoms with Crippen molar-refractivity contribution in [2.75, 3.05) is 29.4 Å². The molecule has 0 radical (unpaired) electrons. The number of rotatable bonds is 4. The van der Waals surface area contributed by atoms with Crippen LogP contribution in [0.5, 0.6) is 0 Å². The van der Waals surface area contributed by atoms with Crippen LogP contribution in [0.15, 0.2) is 24.3 Å². The Morgan fingerprint density at radius 2 is 2.09 bits per heavy atom. The number of sulfonamides is 1. The zero-order valence-electron chi connectivity index (χ0n) is 12.6. The van der Waals surface area contributed by atoms with Gasteiger partial charge in [0.15, 0.2) is 0 Å². The number of amides is 2. The first-order chi connectivity index (χ1) is 10.4. The monoisotopic (exact) mass is 326 g/mol. The number of nitrogens with two attached hydrogens (primary N) is 1. The lowest BCUT2D eigenvalue weighted by Crippen LogP contribution is -2.49. The van der Waals surface area contributed by atoms with Crippen molar-refractivity contribution in [3.8, 4) is 0 Å². The number of hydrogen-bond acceptors (Lipinski definition) is 4. The first kappa shape index (κ1) is 16.6. The van der Waals surface area contributed by atoms with Crippen molar-refractivity contribution in [1.82, 2.24) is 4.90 Å². The quantitative estimate of drug-likeness (QED) is 0.778. The molecule has 1 unspecified atom stereocenters. The number of hydrogen-bond donors (Lipinski definition) is 3. The lowest BCUT2D eigenvalue weighted by molar-refractivity contribution is 0.166. The zero-order chi connectivity index (χ0) is 16.2. The van der Waals surface area contributed by atoms with Crippen LogP contribution in [-0.2, 0) is 10.0 Å². The van der Waals surface area contributed by atoms with Crippen molar-refractivity contribution in [3.05, 3.63) is 24.3 Å². The van der Waals surface area contributed by atoms with Crippen molar-refractivity contribution in [2.24, 2.45) is 5.73 Å². The topological polar surface area (TPSA) is 105 Å². The summed E-state index contributed by atoms with van der Waals surface area (Å²) in [6.45, 7) is 1.14. The highest BCUT2D eigenvalue weighted by Crippen LogP contribution is 2.20. The number of anilines is 2. The third-order valence-corrected chi connectivity index (χ3v) is 4.18. The molecule has 8 heteroatoms. The Kier molecular flexibility index (Phi) is 5.25. The van der Waals surface area contributed by atoms with Gasteiger partial charge in [0, 0.05) is 24.8 Å². The highest BCUT2D eigenvalue weighted by molar-refractivity contribution is 7.92. The molecule has 1 aliphatic rings. The highest BCUT2D eigenvalue weighted by atomic mass is 32.2. The van der Waals surface area contributed by atoms with E-state index in [2.05, 4.69) is 10.0 Å². The molecule has 0 aliphatic carbocycles. The molecule has 2 amide bonds. The van der Waals surface area contributed by atoms with Crippen LogP contribution in [0.2, 0.25) is 0 Å². The summed E-state index contributed by atoms with van der Waals surface area (Å²) in [4.78, 5) is 14.1. The van der Waals surface area contributed by atoms with Crippen molar-refractivity contribution in [1.29, 1.82) is 0 Å². The molecular weight excluding hydrogens is 304 g/mol. The number of benzene rings is 1. The SMILES string of the molecule is CS(=O)(=O)Nc1cccc(NC(=O)N2CCCCC2CN)c1. The second kappa shape index (κ2) is 6.97. The number of nitrogens with zero attached hydrogens (tertiary/aromatic N) is 1. The normalized spacial score (nSPS) is 18.8. The molecule has 122 valence electrons. The van der Waals surface area contributed by atoms with Crippen molar-refractivity contribution < 1.29 is 13.2 Å². The fraction of sp³-hybridized carbons (Fsp3) is 0.500. The third kappa shape index (κ3) is 4.60. The number of nitrogens with one attached hydrogen (secondary N) is 2. The van der Waals surface area contributed by atoms with Gasteiger partial charge in [-0.2, -0.15) is 0 Å². The first-order valence-electron chi connectivity index (χ1n) is 7.24. The van der Waals surface area contributed by atoms with Gasteiger partial charge in [-0.15, -0.1) is 0 Å². The van der Waals surface area contributed by atoms with E-state index in [1.54, 1.807) is 29.2 Å². The Balaban J connectivity index is 2.06. The van der Waals surface area contributed by atoms with Crippen LogP contribution in [0.4, 0.5) is 16.2 Å². The Hall–Kier alpha value is -1.80. The maximum atomic E-state index is 12.4. The molecule has 1 heterocycles. The average Bonchev–Trinajstić information content (AvgIpc) is 2.45. The second-order valence-electron chi connectivity index (χ2n) is 5.46. The smallest absolute Gasteiger partial charge is 0.322 e. The maximum Gasteiger partial charge on any atom is 0.322 e. The van der Waals surface area contributed by atoms with Gasteiger partial charge in [-0.3, -0.25) is 4.72 Å². The van der Waals surface area contributed by atoms with Crippen LogP contribution in [0.3, 0.4) is 0 Å². The number of carbonyl (C=O) groups is 1. The fourth-order valence-electron chi connectivity index (χ4n) is 2.58. The maximum absolute atomic E-state index is 12.4. The van der Waals surface area contributed by atoms with Crippen molar-refractivity contribution >= 4 is 27.4 Å². The summed E-state index contributed by atoms with van der Waals surface area (Å²) in [6, 6.07) is 6.46. The van der Waals surface area contributed by atoms with Crippen molar-refractivity contribution in [3.63, 3.8) is 0 Å². The van der Waals surface area contributed by atoms with Gasteiger partial charge in [0.25, 0.3) is 0 Å². The van der Waals surface area contributed by atoms with Crippen LogP contribution in [0.1, 0.15) is 19.3 Å². The van der Waals surface area contributed by atoms with Gasteiger partial charge < -0.3 is 16.0 Å². The van der Waals surface area contributed by atoms with E-state index in [9.17, 15) is 13.2 Å². The van der Waals surface area contributed by atoms with Gasteiger partial charge in [0.05, 0.1) is 11.9 Å². The van der Waals surface area contributed by atoms with Gasteiger partial charge in [-0.25, -0.2) is 13.2 Å². The average molecular weight is 326 g/mol. The summed E-state index contributed by atoms with van der Waals surface area (Å²) in [5.74, 6) is 0. The predicted molar refractivity (Wildman–Crippen MR) is 87.3 cm³/mol. The molecule has 1 aromatic carbocycles. The molecule has 0 aromatic heterocycles. The molecule has 1 atom stereocenters. The van der Waals surface area contributed by atoms with E-state index in [-0.39, 0.29) is 12.1 Å². The number of piperidine rings is 1. The molecule has 1 fully saturated rings. The van der Waals surface area contributed by atoms with Gasteiger partial charge in [0.1, 0.15) is 0 Å². The molecule has 2 rings (SSSR count). The number of likely N-dealkylation sites (tertiary alicyclic amines) is 1. The van der Waals surface area contributed by atoms with E-state index in [0.717, 1.165) is 25.5 Å². The van der Waals surface area contributed by atoms with Gasteiger partial charge in [0.2, 0.25) is 10.0 Å². The van der Waals surface area contributed by atoms with Crippen molar-refractivity contribution in [2.45, 2.75) is 25.3 Å². The first-order valence-corrected chi connectivity index (χ1v) is 9.14. The lowest BCUT2D eigenvalue weighted by atomic mass is 10.0. The minimum absolute atomic E-state index is 0.0612. The third-order valence-electron chi connectivity index (χ3n) is 3.58. The summed E-state index contributed by atoms with van der Waals surface area (Å²) in [5.41, 5.74) is 6.67. The van der Waals surface area contributed by atoms with E-state index in [4.69, 9.17) is 5.73 Å². The molecule has 1 aliphatic heterocycles. The molecule has 1 saturated heterocycles. The van der Waals surface area contributed by atoms with Crippen LogP contribution in [0, 0.1) is 0 Å². The minimum Gasteiger partial charge on any atom is -0.328 e. The second-order valence-corrected chi connectivity index (χ2v) is 7.21. The van der Waals surface area contributed by atoms with E-state index in [1.807, 2.05) is 0 Å². The molecule has 22 heavy (non-hydrogen) atoms. The molecule has 0 spiro atoms. The summed E-state index contributed by atoms with van der Waals surface area (Å²) < 4.78 is 24.9. The van der Waals surface area contributed by atoms with Gasteiger partial charge >= 0.3 is 6.03 Å². The van der Waals surface area contributed by atoms with Crippen LogP contribution in [0.25, 0.3) is 0 Å². The lowest BCUT2D eigenvalue weighted by Gasteiger charge is -2.35. The summed E-state index contributed by atoms with van der Waals surface area (Å²) in [5, 5.41) is 2.80. The molecule has 1 aromatic rings. The highest BCUT2D eigenvalue weighted by Gasteiger charge is 2.25. The van der Waals surface area contributed by atoms with Crippen LogP contribution in [-0.4, -0.2) is 44.7 Å². The number of urea groups is 1. The standard InChI is InChI=1S/C14H22N4O3S/c1-22(20,21)17-12-6-4-5-11(9-12)16-14(19)18-8-3-2-7-13(18)10-15/h4-6,9,13,17H,2-3,7-8,10,15H2,1H3,(H,16,19). The van der Waals surface area contributed by atoms with E-state index in [1.165, 1.54) is 0 Å². The summed E-state index contributed by atoms with van der Waals surface area (Å²) in [7, 11) is -3.35. The predicted octanol–water partition coefficient (Wildman–Crippen LogP) is 1.40. The van der Waals surface area contributed by atoms with Gasteiger partial charge in [-0.1, -0.05) is 6.07 Å². The van der Waals surface area contributed by atoms with E-state index >= 15 is 0 Å². The molecule has 7 nitrogen and oxygen atoms in total. The van der Waals surface area contributed by atoms with E-state index < -0.39 is 10.0 Å². The van der Waals surface area contributed by atoms with Crippen LogP contribution >= 0.6 is 0 Å². The Labute approximate surface area is 130 Å².